The molecular weight excluding hydrogens is 410 g/mol. The van der Waals surface area contributed by atoms with Gasteiger partial charge in [0.15, 0.2) is 0 Å². The lowest BCUT2D eigenvalue weighted by Gasteiger charge is -2.27. The van der Waals surface area contributed by atoms with Crippen molar-refractivity contribution in [3.05, 3.63) is 75.7 Å². The second-order valence-electron chi connectivity index (χ2n) is 7.93. The molecule has 0 spiro atoms. The smallest absolute Gasteiger partial charge is 0.348 e. The molecular formula is C25H27NO2S2. The Hall–Kier alpha value is -2.11. The molecule has 2 atom stereocenters. The van der Waals surface area contributed by atoms with Gasteiger partial charge in [-0.25, -0.2) is 4.79 Å². The third-order valence-electron chi connectivity index (χ3n) is 5.67. The zero-order valence-electron chi connectivity index (χ0n) is 17.4. The third-order valence-corrected chi connectivity index (χ3v) is 8.22. The van der Waals surface area contributed by atoms with E-state index in [1.165, 1.54) is 22.5 Å². The Balaban J connectivity index is 1.65. The van der Waals surface area contributed by atoms with Gasteiger partial charge >= 0.3 is 5.97 Å². The van der Waals surface area contributed by atoms with Crippen molar-refractivity contribution in [1.29, 1.82) is 5.41 Å². The summed E-state index contributed by atoms with van der Waals surface area (Å²) in [6.45, 7) is 4.43. The lowest BCUT2D eigenvalue weighted by Crippen LogP contribution is -2.23. The summed E-state index contributed by atoms with van der Waals surface area (Å²) in [5.41, 5.74) is 5.20. The van der Waals surface area contributed by atoms with Crippen LogP contribution in [-0.4, -0.2) is 18.3 Å². The van der Waals surface area contributed by atoms with Gasteiger partial charge in [-0.05, 0) is 54.7 Å². The zero-order chi connectivity index (χ0) is 21.1. The van der Waals surface area contributed by atoms with Crippen LogP contribution in [0.25, 0.3) is 0 Å². The molecule has 1 heterocycles. The number of carbonyl (C=O) groups excluding carboxylic acids is 1. The summed E-state index contributed by atoms with van der Waals surface area (Å²) in [5.74, 6) is 1.42. The minimum Gasteiger partial charge on any atom is -0.462 e. The summed E-state index contributed by atoms with van der Waals surface area (Å²) in [7, 11) is 0. The Morgan fingerprint density at radius 1 is 1.27 bits per heavy atom. The molecule has 0 saturated heterocycles. The number of fused-ring (bicyclic) bond motifs is 1. The maximum absolute atomic E-state index is 12.7. The number of nitrogens with one attached hydrogen (secondary N) is 1. The van der Waals surface area contributed by atoms with Crippen molar-refractivity contribution < 1.29 is 9.53 Å². The second-order valence-corrected chi connectivity index (χ2v) is 10.2. The van der Waals surface area contributed by atoms with Gasteiger partial charge in [-0.2, -0.15) is 0 Å². The van der Waals surface area contributed by atoms with Crippen LogP contribution in [0, 0.1) is 17.2 Å². The van der Waals surface area contributed by atoms with E-state index < -0.39 is 0 Å². The zero-order valence-corrected chi connectivity index (χ0v) is 19.1. The number of rotatable bonds is 6. The van der Waals surface area contributed by atoms with Crippen LogP contribution in [0.1, 0.15) is 53.1 Å². The lowest BCUT2D eigenvalue weighted by molar-refractivity contribution is 0.0530. The Morgan fingerprint density at radius 3 is 2.77 bits per heavy atom. The predicted molar refractivity (Wildman–Crippen MR) is 126 cm³/mol. The van der Waals surface area contributed by atoms with E-state index in [0.717, 1.165) is 40.4 Å². The molecule has 2 aliphatic carbocycles. The molecule has 3 nitrogen and oxygen atoms in total. The van der Waals surface area contributed by atoms with Crippen molar-refractivity contribution in [1.82, 2.24) is 0 Å². The fourth-order valence-corrected chi connectivity index (χ4v) is 6.61. The normalized spacial score (nSPS) is 20.6. The van der Waals surface area contributed by atoms with E-state index in [2.05, 4.69) is 37.3 Å². The summed E-state index contributed by atoms with van der Waals surface area (Å²) in [6.07, 6.45) is 9.38. The Morgan fingerprint density at radius 2 is 2.07 bits per heavy atom. The van der Waals surface area contributed by atoms with E-state index in [1.807, 2.05) is 25.1 Å². The molecule has 1 aromatic carbocycles. The molecule has 0 saturated carbocycles. The molecule has 1 aromatic heterocycles. The first-order valence-corrected chi connectivity index (χ1v) is 12.3. The van der Waals surface area contributed by atoms with E-state index in [1.54, 1.807) is 11.8 Å². The van der Waals surface area contributed by atoms with E-state index >= 15 is 0 Å². The molecule has 2 aromatic rings. The molecule has 156 valence electrons. The van der Waals surface area contributed by atoms with Gasteiger partial charge in [0, 0.05) is 17.0 Å². The Labute approximate surface area is 186 Å². The molecule has 0 bridgehead atoms. The van der Waals surface area contributed by atoms with Crippen LogP contribution >= 0.6 is 23.1 Å². The monoisotopic (exact) mass is 437 g/mol. The van der Waals surface area contributed by atoms with Crippen molar-refractivity contribution in [2.45, 2.75) is 43.1 Å². The fourth-order valence-electron chi connectivity index (χ4n) is 4.08. The van der Waals surface area contributed by atoms with Crippen LogP contribution in [0.2, 0.25) is 0 Å². The summed E-state index contributed by atoms with van der Waals surface area (Å²) in [6, 6.07) is 10.3. The molecule has 1 N–H and O–H groups in total. The molecule has 0 aliphatic heterocycles. The quantitative estimate of drug-likeness (QED) is 0.405. The minimum atomic E-state index is -0.249. The summed E-state index contributed by atoms with van der Waals surface area (Å²) < 4.78 is 6.43. The fraction of sp³-hybridized carbons (Fsp3) is 0.360. The van der Waals surface area contributed by atoms with E-state index in [-0.39, 0.29) is 11.9 Å². The average Bonchev–Trinajstić information content (AvgIpc) is 3.13. The largest absolute Gasteiger partial charge is 0.462 e. The second kappa shape index (κ2) is 9.36. The highest BCUT2D eigenvalue weighted by Crippen LogP contribution is 2.44. The van der Waals surface area contributed by atoms with Gasteiger partial charge < -0.3 is 10.1 Å². The molecule has 5 heteroatoms. The van der Waals surface area contributed by atoms with Crippen LogP contribution in [0.5, 0.6) is 0 Å². The maximum atomic E-state index is 12.7. The van der Waals surface area contributed by atoms with Crippen LogP contribution in [0.3, 0.4) is 0 Å². The molecule has 2 unspecified atom stereocenters. The number of benzene rings is 1. The van der Waals surface area contributed by atoms with Crippen LogP contribution in [0.15, 0.2) is 58.3 Å². The average molecular weight is 438 g/mol. The number of carbonyl (C=O) groups is 1. The number of esters is 1. The first kappa shape index (κ1) is 21.1. The predicted octanol–water partition coefficient (Wildman–Crippen LogP) is 6.67. The molecule has 0 radical (unpaired) electrons. The highest BCUT2D eigenvalue weighted by Gasteiger charge is 2.33. The van der Waals surface area contributed by atoms with Gasteiger partial charge in [0.25, 0.3) is 0 Å². The maximum Gasteiger partial charge on any atom is 0.348 e. The van der Waals surface area contributed by atoms with Gasteiger partial charge in [0.1, 0.15) is 4.88 Å². The first-order valence-electron chi connectivity index (χ1n) is 10.5. The van der Waals surface area contributed by atoms with Gasteiger partial charge in [-0.1, -0.05) is 55.5 Å². The highest BCUT2D eigenvalue weighted by atomic mass is 32.2. The van der Waals surface area contributed by atoms with Crippen molar-refractivity contribution in [3.63, 3.8) is 0 Å². The van der Waals surface area contributed by atoms with E-state index in [4.69, 9.17) is 10.1 Å². The van der Waals surface area contributed by atoms with Crippen molar-refractivity contribution in [2.24, 2.45) is 11.8 Å². The van der Waals surface area contributed by atoms with Crippen LogP contribution in [-0.2, 0) is 16.9 Å². The van der Waals surface area contributed by atoms with E-state index in [9.17, 15) is 4.79 Å². The minimum absolute atomic E-state index is 0.249. The number of hydrogen-bond donors (Lipinski definition) is 1. The Bertz CT molecular complexity index is 1000. The third kappa shape index (κ3) is 4.47. The number of ether oxygens (including phenoxy) is 1. The van der Waals surface area contributed by atoms with E-state index in [0.29, 0.717) is 23.1 Å². The summed E-state index contributed by atoms with van der Waals surface area (Å²) >= 11 is 3.23. The van der Waals surface area contributed by atoms with Gasteiger partial charge in [0.05, 0.1) is 10.8 Å². The molecule has 30 heavy (non-hydrogen) atoms. The first-order chi connectivity index (χ1) is 14.6. The number of thiophene rings is 1. The summed E-state index contributed by atoms with van der Waals surface area (Å²) in [4.78, 5) is 13.4. The Kier molecular flexibility index (Phi) is 6.59. The molecule has 2 aliphatic rings. The van der Waals surface area contributed by atoms with Crippen LogP contribution < -0.4 is 0 Å². The van der Waals surface area contributed by atoms with Crippen molar-refractivity contribution in [3.8, 4) is 0 Å². The van der Waals surface area contributed by atoms with Crippen LogP contribution in [0.4, 0.5) is 0 Å². The molecule has 0 amide bonds. The van der Waals surface area contributed by atoms with Crippen molar-refractivity contribution >= 4 is 34.8 Å². The number of hydrogen-bond acceptors (Lipinski definition) is 5. The van der Waals surface area contributed by atoms with Gasteiger partial charge in [-0.15, -0.1) is 23.1 Å². The summed E-state index contributed by atoms with van der Waals surface area (Å²) in [5, 5.41) is 8.83. The lowest BCUT2D eigenvalue weighted by atomic mass is 9.77. The van der Waals surface area contributed by atoms with Crippen molar-refractivity contribution in [2.75, 3.05) is 6.61 Å². The molecule has 4 rings (SSSR count). The van der Waals surface area contributed by atoms with Gasteiger partial charge in [-0.3, -0.25) is 0 Å². The number of thioether (sulfide) groups is 1. The number of allylic oxidation sites excluding steroid dienone is 4. The highest BCUT2D eigenvalue weighted by molar-refractivity contribution is 8.00. The standard InChI is InChI=1S/C25H27NO2S2/c1-3-28-24(27)23-20-13-19(18-11-9-16(2)10-12-18)14-21(26)22(20)25(30-23)29-15-17-7-5-4-6-8-17/h4-9,11-12,16,19,26H,3,10,13-15H2,1-2H3. The van der Waals surface area contributed by atoms with Gasteiger partial charge in [0.2, 0.25) is 0 Å². The SMILES string of the molecule is CCOC(=O)c1sc(SCc2ccccc2)c2c1CC(C1=CCC(C)C=C1)CC2=N. The topological polar surface area (TPSA) is 50.2 Å². The molecule has 0 fully saturated rings.